The van der Waals surface area contributed by atoms with Crippen molar-refractivity contribution in [1.82, 2.24) is 14.9 Å². The fraction of sp³-hybridized carbons (Fsp3) is 0.364. The van der Waals surface area contributed by atoms with Crippen LogP contribution in [0.15, 0.2) is 43.2 Å². The van der Waals surface area contributed by atoms with Gasteiger partial charge in [0, 0.05) is 31.2 Å². The SMILES string of the molecule is C=C(c1cc2nccnc2s1)N1CC(Cc2ccc(F)cc2C(C)(C)C)C1. The Hall–Kier alpha value is -2.27. The van der Waals surface area contributed by atoms with Gasteiger partial charge in [0.25, 0.3) is 0 Å². The fourth-order valence-electron chi connectivity index (χ4n) is 3.72. The average Bonchev–Trinajstić information content (AvgIpc) is 3.01. The summed E-state index contributed by atoms with van der Waals surface area (Å²) in [6, 6.07) is 7.30. The molecular formula is C22H24FN3S. The quantitative estimate of drug-likeness (QED) is 0.616. The zero-order chi connectivity index (χ0) is 19.2. The van der Waals surface area contributed by atoms with Crippen LogP contribution >= 0.6 is 11.3 Å². The molecular weight excluding hydrogens is 357 g/mol. The zero-order valence-electron chi connectivity index (χ0n) is 16.0. The number of benzene rings is 1. The van der Waals surface area contributed by atoms with E-state index in [1.807, 2.05) is 6.07 Å². The summed E-state index contributed by atoms with van der Waals surface area (Å²) in [5.41, 5.74) is 4.29. The molecule has 2 aromatic heterocycles. The minimum atomic E-state index is -0.153. The maximum atomic E-state index is 13.7. The van der Waals surface area contributed by atoms with Gasteiger partial charge in [-0.1, -0.05) is 33.4 Å². The Morgan fingerprint density at radius 3 is 2.67 bits per heavy atom. The fourth-order valence-corrected chi connectivity index (χ4v) is 4.68. The van der Waals surface area contributed by atoms with Gasteiger partial charge in [0.05, 0.1) is 4.88 Å². The number of nitrogens with zero attached hydrogens (tertiary/aromatic N) is 3. The van der Waals surface area contributed by atoms with E-state index in [4.69, 9.17) is 0 Å². The van der Waals surface area contributed by atoms with Gasteiger partial charge in [0.2, 0.25) is 0 Å². The molecule has 1 fully saturated rings. The summed E-state index contributed by atoms with van der Waals surface area (Å²) in [5.74, 6) is 0.415. The molecule has 0 unspecified atom stereocenters. The molecule has 0 aliphatic carbocycles. The lowest BCUT2D eigenvalue weighted by Gasteiger charge is -2.42. The molecule has 4 rings (SSSR count). The highest BCUT2D eigenvalue weighted by atomic mass is 32.1. The highest BCUT2D eigenvalue weighted by Crippen LogP contribution is 2.35. The van der Waals surface area contributed by atoms with E-state index in [0.29, 0.717) is 5.92 Å². The number of likely N-dealkylation sites (tertiary alicyclic amines) is 1. The van der Waals surface area contributed by atoms with Crippen LogP contribution < -0.4 is 0 Å². The molecule has 0 saturated carbocycles. The van der Waals surface area contributed by atoms with Crippen LogP contribution in [0.25, 0.3) is 16.0 Å². The molecule has 3 heterocycles. The summed E-state index contributed by atoms with van der Waals surface area (Å²) < 4.78 is 13.7. The molecule has 27 heavy (non-hydrogen) atoms. The molecule has 140 valence electrons. The minimum absolute atomic E-state index is 0.0540. The lowest BCUT2D eigenvalue weighted by atomic mass is 9.80. The summed E-state index contributed by atoms with van der Waals surface area (Å²) in [7, 11) is 0. The number of fused-ring (bicyclic) bond motifs is 1. The van der Waals surface area contributed by atoms with Crippen LogP contribution in [0, 0.1) is 11.7 Å². The van der Waals surface area contributed by atoms with E-state index in [1.165, 1.54) is 5.56 Å². The van der Waals surface area contributed by atoms with Gasteiger partial charge in [-0.3, -0.25) is 4.98 Å². The topological polar surface area (TPSA) is 29.0 Å². The summed E-state index contributed by atoms with van der Waals surface area (Å²) in [6.07, 6.45) is 4.42. The largest absolute Gasteiger partial charge is 0.370 e. The lowest BCUT2D eigenvalue weighted by molar-refractivity contribution is 0.174. The second-order valence-corrected chi connectivity index (χ2v) is 9.36. The Kier molecular flexibility index (Phi) is 4.50. The number of thiophene rings is 1. The van der Waals surface area contributed by atoms with Crippen molar-refractivity contribution < 1.29 is 4.39 Å². The maximum Gasteiger partial charge on any atom is 0.142 e. The van der Waals surface area contributed by atoms with Crippen molar-refractivity contribution >= 4 is 27.4 Å². The van der Waals surface area contributed by atoms with Crippen molar-refractivity contribution in [2.24, 2.45) is 5.92 Å². The third kappa shape index (κ3) is 3.61. The van der Waals surface area contributed by atoms with E-state index < -0.39 is 0 Å². The zero-order valence-corrected chi connectivity index (χ0v) is 16.8. The maximum absolute atomic E-state index is 13.7. The molecule has 5 heteroatoms. The number of hydrogen-bond donors (Lipinski definition) is 0. The first kappa shape index (κ1) is 18.1. The van der Waals surface area contributed by atoms with Gasteiger partial charge in [-0.05, 0) is 47.1 Å². The van der Waals surface area contributed by atoms with E-state index in [1.54, 1.807) is 35.9 Å². The Morgan fingerprint density at radius 1 is 1.22 bits per heavy atom. The molecule has 0 radical (unpaired) electrons. The van der Waals surface area contributed by atoms with Crippen molar-refractivity contribution in [1.29, 1.82) is 0 Å². The molecule has 1 aliphatic rings. The Bertz CT molecular complexity index is 963. The monoisotopic (exact) mass is 381 g/mol. The molecule has 3 nitrogen and oxygen atoms in total. The molecule has 1 aliphatic heterocycles. The van der Waals surface area contributed by atoms with Crippen LogP contribution in [0.4, 0.5) is 4.39 Å². The van der Waals surface area contributed by atoms with Gasteiger partial charge in [-0.2, -0.15) is 0 Å². The molecule has 1 aromatic carbocycles. The van der Waals surface area contributed by atoms with Gasteiger partial charge < -0.3 is 4.90 Å². The molecule has 0 atom stereocenters. The molecule has 0 amide bonds. The summed E-state index contributed by atoms with van der Waals surface area (Å²) >= 11 is 1.64. The summed E-state index contributed by atoms with van der Waals surface area (Å²) in [4.78, 5) is 13.1. The lowest BCUT2D eigenvalue weighted by Crippen LogP contribution is -2.46. The predicted molar refractivity (Wildman–Crippen MR) is 110 cm³/mol. The van der Waals surface area contributed by atoms with Gasteiger partial charge >= 0.3 is 0 Å². The normalized spacial score (nSPS) is 15.2. The third-order valence-corrected chi connectivity index (χ3v) is 6.26. The molecule has 0 N–H and O–H groups in total. The van der Waals surface area contributed by atoms with E-state index in [9.17, 15) is 4.39 Å². The highest BCUT2D eigenvalue weighted by Gasteiger charge is 2.30. The van der Waals surface area contributed by atoms with E-state index in [2.05, 4.69) is 48.3 Å². The Balaban J connectivity index is 1.43. The van der Waals surface area contributed by atoms with Crippen LogP contribution in [0.1, 0.15) is 36.8 Å². The first-order chi connectivity index (χ1) is 12.8. The first-order valence-electron chi connectivity index (χ1n) is 9.25. The number of hydrogen-bond acceptors (Lipinski definition) is 4. The number of halogens is 1. The van der Waals surface area contributed by atoms with Gasteiger partial charge in [0.1, 0.15) is 16.2 Å². The van der Waals surface area contributed by atoms with Crippen LogP contribution in [0.2, 0.25) is 0 Å². The van der Waals surface area contributed by atoms with Crippen molar-refractivity contribution in [3.05, 3.63) is 65.1 Å². The second kappa shape index (κ2) is 6.71. The van der Waals surface area contributed by atoms with Crippen LogP contribution in [-0.2, 0) is 11.8 Å². The molecule has 3 aromatic rings. The summed E-state index contributed by atoms with van der Waals surface area (Å²) in [5, 5.41) is 0. The molecule has 0 bridgehead atoms. The van der Waals surface area contributed by atoms with E-state index >= 15 is 0 Å². The first-order valence-corrected chi connectivity index (χ1v) is 10.1. The second-order valence-electron chi connectivity index (χ2n) is 8.33. The van der Waals surface area contributed by atoms with Gasteiger partial charge in [-0.25, -0.2) is 9.37 Å². The van der Waals surface area contributed by atoms with Crippen LogP contribution in [0.3, 0.4) is 0 Å². The van der Waals surface area contributed by atoms with E-state index in [0.717, 1.165) is 46.0 Å². The number of aromatic nitrogens is 2. The van der Waals surface area contributed by atoms with Crippen molar-refractivity contribution in [3.8, 4) is 0 Å². The van der Waals surface area contributed by atoms with Crippen LogP contribution in [-0.4, -0.2) is 28.0 Å². The van der Waals surface area contributed by atoms with Gasteiger partial charge in [-0.15, -0.1) is 11.3 Å². The van der Waals surface area contributed by atoms with E-state index in [-0.39, 0.29) is 11.2 Å². The van der Waals surface area contributed by atoms with Crippen molar-refractivity contribution in [2.45, 2.75) is 32.6 Å². The van der Waals surface area contributed by atoms with Crippen molar-refractivity contribution in [3.63, 3.8) is 0 Å². The minimum Gasteiger partial charge on any atom is -0.370 e. The average molecular weight is 382 g/mol. The molecule has 0 spiro atoms. The van der Waals surface area contributed by atoms with Crippen molar-refractivity contribution in [2.75, 3.05) is 13.1 Å². The number of rotatable bonds is 4. The molecule has 1 saturated heterocycles. The summed E-state index contributed by atoms with van der Waals surface area (Å²) in [6.45, 7) is 12.7. The predicted octanol–water partition coefficient (Wildman–Crippen LogP) is 5.27. The third-order valence-electron chi connectivity index (χ3n) is 5.18. The Labute approximate surface area is 163 Å². The standard InChI is InChI=1S/C22H24FN3S/c1-14(20-11-19-21(27-20)25-8-7-24-19)26-12-15(13-26)9-16-5-6-17(23)10-18(16)22(2,3)4/h5-8,10-11,15H,1,9,12-13H2,2-4H3. The van der Waals surface area contributed by atoms with Crippen LogP contribution in [0.5, 0.6) is 0 Å². The smallest absolute Gasteiger partial charge is 0.142 e. The van der Waals surface area contributed by atoms with Gasteiger partial charge in [0.15, 0.2) is 0 Å². The highest BCUT2D eigenvalue weighted by molar-refractivity contribution is 7.19. The Morgan fingerprint density at radius 2 is 1.96 bits per heavy atom.